The van der Waals surface area contributed by atoms with Crippen LogP contribution in [0.15, 0.2) is 24.3 Å². The van der Waals surface area contributed by atoms with Crippen molar-refractivity contribution >= 4 is 5.69 Å². The molecule has 4 N–H and O–H groups in total. The number of hydrogen-bond acceptors (Lipinski definition) is 5. The van der Waals surface area contributed by atoms with E-state index in [1.807, 2.05) is 29.2 Å². The highest BCUT2D eigenvalue weighted by atomic mass is 16.5. The molecule has 5 heteroatoms. The van der Waals surface area contributed by atoms with E-state index in [0.29, 0.717) is 13.1 Å². The molecule has 0 aliphatic heterocycles. The van der Waals surface area contributed by atoms with E-state index in [1.165, 1.54) is 0 Å². The van der Waals surface area contributed by atoms with Crippen LogP contribution >= 0.6 is 0 Å². The van der Waals surface area contributed by atoms with Crippen molar-refractivity contribution in [3.63, 3.8) is 0 Å². The van der Waals surface area contributed by atoms with Crippen LogP contribution < -0.4 is 15.4 Å². The molecule has 0 amide bonds. The van der Waals surface area contributed by atoms with Crippen molar-refractivity contribution in [1.29, 1.82) is 0 Å². The van der Waals surface area contributed by atoms with Crippen LogP contribution in [0.3, 0.4) is 0 Å². The Morgan fingerprint density at radius 1 is 1.44 bits per heavy atom. The maximum absolute atomic E-state index is 9.56. The fourth-order valence-corrected chi connectivity index (χ4v) is 1.73. The number of aliphatic hydroxyl groups is 2. The smallest absolute Gasteiger partial charge is 0.120 e. The summed E-state index contributed by atoms with van der Waals surface area (Å²) in [6, 6.07) is 7.62. The Labute approximate surface area is 108 Å². The lowest BCUT2D eigenvalue weighted by atomic mass is 10.2. The van der Waals surface area contributed by atoms with Crippen molar-refractivity contribution < 1.29 is 14.9 Å². The maximum atomic E-state index is 9.56. The number of rotatable bonds is 8. The molecule has 0 aliphatic carbocycles. The second kappa shape index (κ2) is 7.92. The molecule has 0 saturated heterocycles. The topological polar surface area (TPSA) is 79.0 Å². The van der Waals surface area contributed by atoms with Crippen LogP contribution in [0.2, 0.25) is 0 Å². The number of benzene rings is 1. The second-order valence-electron chi connectivity index (χ2n) is 4.13. The standard InChI is InChI=1S/C13H22N2O3/c1-18-13-5-2-4-11(8-13)15(7-3-6-14)9-12(17)10-16/h2,4-5,8,12,16-17H,3,6-7,9-10,14H2,1H3. The molecule has 0 aliphatic rings. The Kier molecular flexibility index (Phi) is 6.49. The van der Waals surface area contributed by atoms with Crippen LogP contribution in [0.5, 0.6) is 5.75 Å². The minimum atomic E-state index is -0.756. The number of aliphatic hydroxyl groups excluding tert-OH is 2. The van der Waals surface area contributed by atoms with Crippen molar-refractivity contribution in [2.45, 2.75) is 12.5 Å². The highest BCUT2D eigenvalue weighted by Crippen LogP contribution is 2.21. The first-order valence-electron chi connectivity index (χ1n) is 6.09. The van der Waals surface area contributed by atoms with Crippen LogP contribution in [-0.4, -0.2) is 49.7 Å². The molecule has 0 aromatic heterocycles. The van der Waals surface area contributed by atoms with Gasteiger partial charge in [0, 0.05) is 24.8 Å². The van der Waals surface area contributed by atoms with Gasteiger partial charge in [0.2, 0.25) is 0 Å². The van der Waals surface area contributed by atoms with Gasteiger partial charge >= 0.3 is 0 Å². The zero-order valence-corrected chi connectivity index (χ0v) is 10.7. The second-order valence-corrected chi connectivity index (χ2v) is 4.13. The van der Waals surface area contributed by atoms with E-state index in [4.69, 9.17) is 15.6 Å². The number of ether oxygens (including phenoxy) is 1. The molecule has 1 atom stereocenters. The Hall–Kier alpha value is -1.30. The number of anilines is 1. The van der Waals surface area contributed by atoms with Crippen molar-refractivity contribution in [2.24, 2.45) is 5.73 Å². The summed E-state index contributed by atoms with van der Waals surface area (Å²) in [5.74, 6) is 0.767. The Morgan fingerprint density at radius 2 is 2.22 bits per heavy atom. The molecule has 1 aromatic carbocycles. The van der Waals surface area contributed by atoms with Gasteiger partial charge in [-0.2, -0.15) is 0 Å². The van der Waals surface area contributed by atoms with E-state index in [9.17, 15) is 5.11 Å². The van der Waals surface area contributed by atoms with Crippen molar-refractivity contribution in [1.82, 2.24) is 0 Å². The van der Waals surface area contributed by atoms with Gasteiger partial charge in [-0.3, -0.25) is 0 Å². The van der Waals surface area contributed by atoms with Crippen molar-refractivity contribution in [3.05, 3.63) is 24.3 Å². The lowest BCUT2D eigenvalue weighted by Gasteiger charge is -2.27. The van der Waals surface area contributed by atoms with Crippen molar-refractivity contribution in [3.8, 4) is 5.75 Å². The van der Waals surface area contributed by atoms with E-state index >= 15 is 0 Å². The Morgan fingerprint density at radius 3 is 2.83 bits per heavy atom. The lowest BCUT2D eigenvalue weighted by Crippen LogP contribution is -2.35. The molecule has 0 fully saturated rings. The van der Waals surface area contributed by atoms with Gasteiger partial charge in [-0.1, -0.05) is 6.07 Å². The summed E-state index contributed by atoms with van der Waals surface area (Å²) in [5.41, 5.74) is 6.47. The minimum absolute atomic E-state index is 0.247. The average Bonchev–Trinajstić information content (AvgIpc) is 2.43. The van der Waals surface area contributed by atoms with Crippen LogP contribution in [-0.2, 0) is 0 Å². The fraction of sp³-hybridized carbons (Fsp3) is 0.538. The summed E-state index contributed by atoms with van der Waals surface area (Å²) >= 11 is 0. The van der Waals surface area contributed by atoms with E-state index in [-0.39, 0.29) is 6.61 Å². The van der Waals surface area contributed by atoms with Crippen LogP contribution in [0, 0.1) is 0 Å². The number of nitrogens with zero attached hydrogens (tertiary/aromatic N) is 1. The third kappa shape index (κ3) is 4.52. The van der Waals surface area contributed by atoms with E-state index in [0.717, 1.165) is 24.4 Å². The number of nitrogens with two attached hydrogens (primary N) is 1. The summed E-state index contributed by atoms with van der Waals surface area (Å²) in [4.78, 5) is 2.00. The molecule has 18 heavy (non-hydrogen) atoms. The van der Waals surface area contributed by atoms with Crippen LogP contribution in [0.4, 0.5) is 5.69 Å². The van der Waals surface area contributed by atoms with Gasteiger partial charge in [-0.05, 0) is 25.1 Å². The number of methoxy groups -OCH3 is 1. The highest BCUT2D eigenvalue weighted by molar-refractivity contribution is 5.50. The first-order valence-corrected chi connectivity index (χ1v) is 6.09. The van der Waals surface area contributed by atoms with Crippen LogP contribution in [0.25, 0.3) is 0 Å². The van der Waals surface area contributed by atoms with E-state index in [1.54, 1.807) is 7.11 Å². The molecular formula is C13H22N2O3. The molecule has 0 bridgehead atoms. The summed E-state index contributed by atoms with van der Waals surface area (Å²) in [6.07, 6.45) is 0.0732. The summed E-state index contributed by atoms with van der Waals surface area (Å²) in [5, 5.41) is 18.5. The molecule has 0 spiro atoms. The lowest BCUT2D eigenvalue weighted by molar-refractivity contribution is 0.0998. The Bertz CT molecular complexity index is 347. The highest BCUT2D eigenvalue weighted by Gasteiger charge is 2.12. The van der Waals surface area contributed by atoms with Gasteiger partial charge < -0.3 is 25.6 Å². The van der Waals surface area contributed by atoms with Crippen molar-refractivity contribution in [2.75, 3.05) is 38.3 Å². The monoisotopic (exact) mass is 254 g/mol. The quantitative estimate of drug-likeness (QED) is 0.618. The van der Waals surface area contributed by atoms with Gasteiger partial charge in [-0.25, -0.2) is 0 Å². The van der Waals surface area contributed by atoms with E-state index in [2.05, 4.69) is 0 Å². The number of hydrogen-bond donors (Lipinski definition) is 3. The van der Waals surface area contributed by atoms with Gasteiger partial charge in [0.25, 0.3) is 0 Å². The average molecular weight is 254 g/mol. The molecule has 0 radical (unpaired) electrons. The molecule has 1 rings (SSSR count). The third-order valence-electron chi connectivity index (χ3n) is 2.69. The molecule has 102 valence electrons. The summed E-state index contributed by atoms with van der Waals surface area (Å²) < 4.78 is 5.18. The minimum Gasteiger partial charge on any atom is -0.497 e. The molecule has 1 aromatic rings. The molecule has 1 unspecified atom stereocenters. The first-order chi connectivity index (χ1) is 8.71. The Balaban J connectivity index is 2.78. The molecule has 0 heterocycles. The summed E-state index contributed by atoms with van der Waals surface area (Å²) in [7, 11) is 1.62. The SMILES string of the molecule is COc1cccc(N(CCCN)CC(O)CO)c1. The predicted molar refractivity (Wildman–Crippen MR) is 72.0 cm³/mol. The van der Waals surface area contributed by atoms with E-state index < -0.39 is 6.10 Å². The predicted octanol–water partition coefficient (Wildman–Crippen LogP) is 0.204. The van der Waals surface area contributed by atoms with Gasteiger partial charge in [0.05, 0.1) is 19.8 Å². The molecule has 0 saturated carbocycles. The maximum Gasteiger partial charge on any atom is 0.120 e. The largest absolute Gasteiger partial charge is 0.497 e. The van der Waals surface area contributed by atoms with Crippen LogP contribution in [0.1, 0.15) is 6.42 Å². The van der Waals surface area contributed by atoms with Gasteiger partial charge in [0.15, 0.2) is 0 Å². The molecule has 5 nitrogen and oxygen atoms in total. The normalized spacial score (nSPS) is 12.2. The zero-order chi connectivity index (χ0) is 13.4. The van der Waals surface area contributed by atoms with Gasteiger partial charge in [-0.15, -0.1) is 0 Å². The molecular weight excluding hydrogens is 232 g/mol. The summed E-state index contributed by atoms with van der Waals surface area (Å²) in [6.45, 7) is 1.46. The third-order valence-corrected chi connectivity index (χ3v) is 2.69. The first kappa shape index (κ1) is 14.8. The zero-order valence-electron chi connectivity index (χ0n) is 10.7. The fourth-order valence-electron chi connectivity index (χ4n) is 1.73. The van der Waals surface area contributed by atoms with Gasteiger partial charge in [0.1, 0.15) is 5.75 Å².